The highest BCUT2D eigenvalue weighted by atomic mass is 16.7. The highest BCUT2D eigenvalue weighted by molar-refractivity contribution is 5.03. The summed E-state index contributed by atoms with van der Waals surface area (Å²) in [6, 6.07) is 0. The van der Waals surface area contributed by atoms with Crippen molar-refractivity contribution in [1.29, 1.82) is 0 Å². The molecule has 0 aromatic heterocycles. The Morgan fingerprint density at radius 2 is 1.77 bits per heavy atom. The summed E-state index contributed by atoms with van der Waals surface area (Å²) in [6.07, 6.45) is 4.69. The van der Waals surface area contributed by atoms with Gasteiger partial charge in [0.05, 0.1) is 0 Å². The summed E-state index contributed by atoms with van der Waals surface area (Å²) in [5.41, 5.74) is 0. The van der Waals surface area contributed by atoms with Crippen LogP contribution in [0.5, 0.6) is 0 Å². The molecule has 1 aliphatic rings. The molecule has 77 valence electrons. The third-order valence-electron chi connectivity index (χ3n) is 2.71. The zero-order valence-electron chi connectivity index (χ0n) is 9.06. The standard InChI is InChI=1S/C11H21O2/c1-4-12-11(13-5-2)9-7-6-8-10(11)3/h4-9H2,1-3H3. The topological polar surface area (TPSA) is 18.5 Å². The second-order valence-electron chi connectivity index (χ2n) is 3.61. The minimum absolute atomic E-state index is 0.345. The van der Waals surface area contributed by atoms with E-state index in [-0.39, 0.29) is 5.79 Å². The molecule has 0 aliphatic heterocycles. The lowest BCUT2D eigenvalue weighted by Crippen LogP contribution is -2.43. The van der Waals surface area contributed by atoms with Crippen molar-refractivity contribution in [1.82, 2.24) is 0 Å². The van der Waals surface area contributed by atoms with Crippen LogP contribution in [0.4, 0.5) is 0 Å². The van der Waals surface area contributed by atoms with Gasteiger partial charge in [0.25, 0.3) is 0 Å². The molecular formula is C11H21O2. The molecule has 0 unspecified atom stereocenters. The zero-order chi connectivity index (χ0) is 9.73. The van der Waals surface area contributed by atoms with E-state index in [0.29, 0.717) is 0 Å². The van der Waals surface area contributed by atoms with E-state index in [9.17, 15) is 0 Å². The normalized spacial score (nSPS) is 23.3. The largest absolute Gasteiger partial charge is 0.350 e. The highest BCUT2D eigenvalue weighted by Crippen LogP contribution is 2.39. The third kappa shape index (κ3) is 2.44. The summed E-state index contributed by atoms with van der Waals surface area (Å²) in [6.45, 7) is 7.68. The summed E-state index contributed by atoms with van der Waals surface area (Å²) in [4.78, 5) is 0. The number of hydrogen-bond donors (Lipinski definition) is 0. The molecule has 1 rings (SSSR count). The van der Waals surface area contributed by atoms with Gasteiger partial charge < -0.3 is 9.47 Å². The number of rotatable bonds is 4. The molecule has 13 heavy (non-hydrogen) atoms. The Bertz CT molecular complexity index is 134. The van der Waals surface area contributed by atoms with E-state index in [1.54, 1.807) is 0 Å². The van der Waals surface area contributed by atoms with Crippen molar-refractivity contribution in [2.45, 2.75) is 52.2 Å². The fourth-order valence-electron chi connectivity index (χ4n) is 2.05. The summed E-state index contributed by atoms with van der Waals surface area (Å²) >= 11 is 0. The van der Waals surface area contributed by atoms with Gasteiger partial charge in [-0.25, -0.2) is 0 Å². The number of hydrogen-bond acceptors (Lipinski definition) is 2. The van der Waals surface area contributed by atoms with Gasteiger partial charge in [0.1, 0.15) is 0 Å². The van der Waals surface area contributed by atoms with E-state index in [0.717, 1.165) is 26.1 Å². The lowest BCUT2D eigenvalue weighted by atomic mass is 9.84. The van der Waals surface area contributed by atoms with E-state index in [1.165, 1.54) is 18.8 Å². The Morgan fingerprint density at radius 1 is 1.15 bits per heavy atom. The van der Waals surface area contributed by atoms with Gasteiger partial charge >= 0.3 is 0 Å². The van der Waals surface area contributed by atoms with Crippen molar-refractivity contribution in [2.24, 2.45) is 0 Å². The third-order valence-corrected chi connectivity index (χ3v) is 2.71. The van der Waals surface area contributed by atoms with Crippen LogP contribution in [0, 0.1) is 5.92 Å². The Kier molecular flexibility index (Phi) is 4.20. The molecule has 0 spiro atoms. The van der Waals surface area contributed by atoms with Crippen LogP contribution < -0.4 is 0 Å². The molecule has 0 saturated heterocycles. The molecule has 1 aliphatic carbocycles. The minimum atomic E-state index is -0.345. The first-order valence-electron chi connectivity index (χ1n) is 5.36. The van der Waals surface area contributed by atoms with Crippen molar-refractivity contribution >= 4 is 0 Å². The molecule has 1 radical (unpaired) electrons. The van der Waals surface area contributed by atoms with Crippen molar-refractivity contribution < 1.29 is 9.47 Å². The molecule has 0 bridgehead atoms. The van der Waals surface area contributed by atoms with Gasteiger partial charge in [0.15, 0.2) is 5.79 Å². The van der Waals surface area contributed by atoms with Gasteiger partial charge in [-0.2, -0.15) is 0 Å². The Balaban J connectivity index is 2.61. The van der Waals surface area contributed by atoms with Crippen molar-refractivity contribution in [3.8, 4) is 0 Å². The summed E-state index contributed by atoms with van der Waals surface area (Å²) in [5, 5.41) is 0. The molecule has 0 N–H and O–H groups in total. The highest BCUT2D eigenvalue weighted by Gasteiger charge is 2.40. The van der Waals surface area contributed by atoms with Crippen molar-refractivity contribution in [2.75, 3.05) is 13.2 Å². The maximum atomic E-state index is 5.76. The SMILES string of the molecule is CCOC1(OCC)CCCC[C]1C. The summed E-state index contributed by atoms with van der Waals surface area (Å²) in [5.74, 6) is 1.02. The van der Waals surface area contributed by atoms with E-state index < -0.39 is 0 Å². The molecular weight excluding hydrogens is 164 g/mol. The smallest absolute Gasteiger partial charge is 0.174 e. The second-order valence-corrected chi connectivity index (χ2v) is 3.61. The first-order chi connectivity index (χ1) is 6.25. The average molecular weight is 185 g/mol. The van der Waals surface area contributed by atoms with E-state index in [1.807, 2.05) is 13.8 Å². The molecule has 1 saturated carbocycles. The van der Waals surface area contributed by atoms with Crippen molar-refractivity contribution in [3.63, 3.8) is 0 Å². The first kappa shape index (κ1) is 11.0. The van der Waals surface area contributed by atoms with E-state index in [2.05, 4.69) is 6.92 Å². The first-order valence-corrected chi connectivity index (χ1v) is 5.36. The van der Waals surface area contributed by atoms with E-state index in [4.69, 9.17) is 9.47 Å². The Labute approximate surface area is 81.6 Å². The average Bonchev–Trinajstić information content (AvgIpc) is 2.11. The Morgan fingerprint density at radius 3 is 2.23 bits per heavy atom. The molecule has 2 heteroatoms. The Hall–Kier alpha value is -0.0800. The molecule has 0 aromatic carbocycles. The lowest BCUT2D eigenvalue weighted by molar-refractivity contribution is -0.232. The predicted molar refractivity (Wildman–Crippen MR) is 53.4 cm³/mol. The molecule has 0 atom stereocenters. The van der Waals surface area contributed by atoms with Crippen LogP contribution in [0.1, 0.15) is 46.5 Å². The van der Waals surface area contributed by atoms with Crippen molar-refractivity contribution in [3.05, 3.63) is 5.92 Å². The maximum Gasteiger partial charge on any atom is 0.174 e. The fraction of sp³-hybridized carbons (Fsp3) is 0.909. The lowest BCUT2D eigenvalue weighted by Gasteiger charge is -2.41. The van der Waals surface area contributed by atoms with Crippen LogP contribution >= 0.6 is 0 Å². The summed E-state index contributed by atoms with van der Waals surface area (Å²) in [7, 11) is 0. The fourth-order valence-corrected chi connectivity index (χ4v) is 2.05. The minimum Gasteiger partial charge on any atom is -0.350 e. The van der Waals surface area contributed by atoms with Crippen LogP contribution in [-0.4, -0.2) is 19.0 Å². The quantitative estimate of drug-likeness (QED) is 0.627. The van der Waals surface area contributed by atoms with Gasteiger partial charge in [-0.3, -0.25) is 0 Å². The molecule has 2 nitrogen and oxygen atoms in total. The van der Waals surface area contributed by atoms with Gasteiger partial charge in [-0.15, -0.1) is 0 Å². The summed E-state index contributed by atoms with van der Waals surface area (Å²) < 4.78 is 11.5. The van der Waals surface area contributed by atoms with Crippen LogP contribution in [0.25, 0.3) is 0 Å². The maximum absolute atomic E-state index is 5.76. The van der Waals surface area contributed by atoms with Gasteiger partial charge in [0.2, 0.25) is 0 Å². The zero-order valence-corrected chi connectivity index (χ0v) is 9.06. The molecule has 0 aromatic rings. The van der Waals surface area contributed by atoms with E-state index >= 15 is 0 Å². The van der Waals surface area contributed by atoms with Crippen LogP contribution in [0.15, 0.2) is 0 Å². The second kappa shape index (κ2) is 4.97. The van der Waals surface area contributed by atoms with Gasteiger partial charge in [-0.05, 0) is 26.7 Å². The predicted octanol–water partition coefficient (Wildman–Crippen LogP) is 2.92. The van der Waals surface area contributed by atoms with Gasteiger partial charge in [-0.1, -0.05) is 13.3 Å². The molecule has 1 fully saturated rings. The monoisotopic (exact) mass is 185 g/mol. The molecule has 0 heterocycles. The van der Waals surface area contributed by atoms with Crippen LogP contribution in [0.2, 0.25) is 0 Å². The van der Waals surface area contributed by atoms with Gasteiger partial charge in [0, 0.05) is 25.6 Å². The van der Waals surface area contributed by atoms with Crippen LogP contribution in [0.3, 0.4) is 0 Å². The number of ether oxygens (including phenoxy) is 2. The van der Waals surface area contributed by atoms with Crippen LogP contribution in [-0.2, 0) is 9.47 Å². The molecule has 0 amide bonds.